The van der Waals surface area contributed by atoms with E-state index in [4.69, 9.17) is 9.47 Å². The monoisotopic (exact) mass is 408 g/mol. The second-order valence-electron chi connectivity index (χ2n) is 6.23. The van der Waals surface area contributed by atoms with E-state index >= 15 is 0 Å². The minimum atomic E-state index is -3.79. The lowest BCUT2D eigenvalue weighted by Gasteiger charge is -2.26. The van der Waals surface area contributed by atoms with Crippen molar-refractivity contribution in [1.82, 2.24) is 4.31 Å². The van der Waals surface area contributed by atoms with Gasteiger partial charge in [0.1, 0.15) is 16.5 Å². The van der Waals surface area contributed by atoms with E-state index in [2.05, 4.69) is 5.32 Å². The number of benzene rings is 2. The lowest BCUT2D eigenvalue weighted by Crippen LogP contribution is -2.40. The van der Waals surface area contributed by atoms with Crippen LogP contribution in [-0.4, -0.2) is 52.0 Å². The highest BCUT2D eigenvalue weighted by molar-refractivity contribution is 7.89. The first-order valence-electron chi connectivity index (χ1n) is 8.70. The first kappa shape index (κ1) is 20.2. The van der Waals surface area contributed by atoms with Crippen molar-refractivity contribution in [3.05, 3.63) is 53.8 Å². The van der Waals surface area contributed by atoms with Crippen LogP contribution in [0.15, 0.2) is 47.4 Å². The maximum atomic E-state index is 13.0. The molecule has 0 aromatic heterocycles. The predicted octanol–water partition coefficient (Wildman–Crippen LogP) is 2.04. The van der Waals surface area contributed by atoms with Crippen molar-refractivity contribution in [2.24, 2.45) is 0 Å². The van der Waals surface area contributed by atoms with Crippen molar-refractivity contribution < 1.29 is 27.1 Å². The van der Waals surface area contributed by atoms with Gasteiger partial charge in [0, 0.05) is 18.8 Å². The maximum Gasteiger partial charge on any atom is 0.246 e. The van der Waals surface area contributed by atoms with Crippen molar-refractivity contribution in [3.8, 4) is 5.75 Å². The summed E-state index contributed by atoms with van der Waals surface area (Å²) >= 11 is 0. The zero-order valence-electron chi connectivity index (χ0n) is 15.4. The smallest absolute Gasteiger partial charge is 0.246 e. The lowest BCUT2D eigenvalue weighted by molar-refractivity contribution is -0.115. The molecule has 2 aromatic rings. The Balaban J connectivity index is 1.80. The van der Waals surface area contributed by atoms with Crippen LogP contribution in [-0.2, 0) is 26.0 Å². The van der Waals surface area contributed by atoms with Gasteiger partial charge in [0.2, 0.25) is 15.9 Å². The quantitative estimate of drug-likeness (QED) is 0.791. The van der Waals surface area contributed by atoms with E-state index in [1.807, 2.05) is 0 Å². The van der Waals surface area contributed by atoms with Gasteiger partial charge in [-0.25, -0.2) is 12.8 Å². The second-order valence-corrected chi connectivity index (χ2v) is 8.14. The number of hydrogen-bond acceptors (Lipinski definition) is 5. The normalized spacial score (nSPS) is 15.2. The number of rotatable bonds is 6. The van der Waals surface area contributed by atoms with E-state index in [1.165, 1.54) is 47.8 Å². The third-order valence-electron chi connectivity index (χ3n) is 4.31. The molecule has 1 fully saturated rings. The minimum Gasteiger partial charge on any atom is -0.495 e. The molecule has 0 bridgehead atoms. The molecule has 0 atom stereocenters. The summed E-state index contributed by atoms with van der Waals surface area (Å²) in [6.45, 7) is 1.17. The summed E-state index contributed by atoms with van der Waals surface area (Å²) in [7, 11) is -2.40. The molecular weight excluding hydrogens is 387 g/mol. The first-order chi connectivity index (χ1) is 13.4. The Hall–Kier alpha value is -2.49. The average molecular weight is 408 g/mol. The molecule has 1 N–H and O–H groups in total. The SMILES string of the molecule is COc1ccc(NC(=O)Cc2ccc(F)cc2)cc1S(=O)(=O)N1CCOCC1. The van der Waals surface area contributed by atoms with E-state index in [9.17, 15) is 17.6 Å². The molecule has 28 heavy (non-hydrogen) atoms. The van der Waals surface area contributed by atoms with Gasteiger partial charge in [-0.3, -0.25) is 4.79 Å². The van der Waals surface area contributed by atoms with Crippen LogP contribution >= 0.6 is 0 Å². The van der Waals surface area contributed by atoms with Crippen molar-refractivity contribution in [2.75, 3.05) is 38.7 Å². The molecule has 1 amide bonds. The third kappa shape index (κ3) is 4.67. The number of carbonyl (C=O) groups is 1. The number of hydrogen-bond donors (Lipinski definition) is 1. The molecule has 0 aliphatic carbocycles. The number of carbonyl (C=O) groups excluding carboxylic acids is 1. The Morgan fingerprint density at radius 2 is 1.86 bits per heavy atom. The molecule has 9 heteroatoms. The number of anilines is 1. The van der Waals surface area contributed by atoms with Crippen LogP contribution in [0.25, 0.3) is 0 Å². The van der Waals surface area contributed by atoms with Gasteiger partial charge in [-0.1, -0.05) is 12.1 Å². The van der Waals surface area contributed by atoms with Crippen LogP contribution in [0.1, 0.15) is 5.56 Å². The van der Waals surface area contributed by atoms with Gasteiger partial charge in [0.05, 0.1) is 26.7 Å². The van der Waals surface area contributed by atoms with Crippen LogP contribution in [0.2, 0.25) is 0 Å². The van der Waals surface area contributed by atoms with Crippen molar-refractivity contribution in [2.45, 2.75) is 11.3 Å². The minimum absolute atomic E-state index is 0.0171. The molecule has 1 aliphatic heterocycles. The summed E-state index contributed by atoms with van der Waals surface area (Å²) in [4.78, 5) is 12.3. The maximum absolute atomic E-state index is 13.0. The summed E-state index contributed by atoms with van der Waals surface area (Å²) in [5.41, 5.74) is 0.980. The number of nitrogens with zero attached hydrogens (tertiary/aromatic N) is 1. The molecule has 0 unspecified atom stereocenters. The Morgan fingerprint density at radius 1 is 1.18 bits per heavy atom. The predicted molar refractivity (Wildman–Crippen MR) is 101 cm³/mol. The Kier molecular flexibility index (Phi) is 6.28. The molecule has 0 spiro atoms. The number of halogens is 1. The average Bonchev–Trinajstić information content (AvgIpc) is 2.70. The van der Waals surface area contributed by atoms with Gasteiger partial charge in [0.15, 0.2) is 0 Å². The zero-order chi connectivity index (χ0) is 20.1. The van der Waals surface area contributed by atoms with Gasteiger partial charge in [-0.15, -0.1) is 0 Å². The zero-order valence-corrected chi connectivity index (χ0v) is 16.2. The second kappa shape index (κ2) is 8.68. The van der Waals surface area contributed by atoms with Gasteiger partial charge < -0.3 is 14.8 Å². The van der Waals surface area contributed by atoms with Crippen LogP contribution in [0, 0.1) is 5.82 Å². The largest absolute Gasteiger partial charge is 0.495 e. The highest BCUT2D eigenvalue weighted by Crippen LogP contribution is 2.30. The summed E-state index contributed by atoms with van der Waals surface area (Å²) < 4.78 is 50.7. The van der Waals surface area contributed by atoms with E-state index in [1.54, 1.807) is 6.07 Å². The molecule has 1 saturated heterocycles. The topological polar surface area (TPSA) is 84.9 Å². The fourth-order valence-corrected chi connectivity index (χ4v) is 4.46. The van der Waals surface area contributed by atoms with Gasteiger partial charge in [0.25, 0.3) is 0 Å². The summed E-state index contributed by atoms with van der Waals surface area (Å²) in [6, 6.07) is 10.1. The summed E-state index contributed by atoms with van der Waals surface area (Å²) in [5, 5.41) is 2.68. The summed E-state index contributed by atoms with van der Waals surface area (Å²) in [5.74, 6) is -0.521. The van der Waals surface area contributed by atoms with E-state index < -0.39 is 10.0 Å². The molecule has 150 valence electrons. The van der Waals surface area contributed by atoms with Crippen molar-refractivity contribution in [1.29, 1.82) is 0 Å². The lowest BCUT2D eigenvalue weighted by atomic mass is 10.1. The number of sulfonamides is 1. The molecule has 0 saturated carbocycles. The van der Waals surface area contributed by atoms with Crippen LogP contribution < -0.4 is 10.1 Å². The number of nitrogens with one attached hydrogen (secondary N) is 1. The molecule has 0 radical (unpaired) electrons. The van der Waals surface area contributed by atoms with Gasteiger partial charge >= 0.3 is 0 Å². The third-order valence-corrected chi connectivity index (χ3v) is 6.23. The molecule has 1 heterocycles. The van der Waals surface area contributed by atoms with Crippen molar-refractivity contribution >= 4 is 21.6 Å². The van der Waals surface area contributed by atoms with Crippen LogP contribution in [0.4, 0.5) is 10.1 Å². The van der Waals surface area contributed by atoms with E-state index in [-0.39, 0.29) is 41.9 Å². The Morgan fingerprint density at radius 3 is 2.50 bits per heavy atom. The van der Waals surface area contributed by atoms with E-state index in [0.717, 1.165) is 0 Å². The Bertz CT molecular complexity index is 941. The van der Waals surface area contributed by atoms with E-state index in [0.29, 0.717) is 24.5 Å². The molecular formula is C19H21FN2O5S. The summed E-state index contributed by atoms with van der Waals surface area (Å²) in [6.07, 6.45) is 0.0395. The van der Waals surface area contributed by atoms with Gasteiger partial charge in [-0.2, -0.15) is 4.31 Å². The number of morpholine rings is 1. The molecule has 1 aliphatic rings. The van der Waals surface area contributed by atoms with Crippen LogP contribution in [0.5, 0.6) is 5.75 Å². The standard InChI is InChI=1S/C19H21FN2O5S/c1-26-17-7-6-16(21-19(23)12-14-2-4-15(20)5-3-14)13-18(17)28(24,25)22-8-10-27-11-9-22/h2-7,13H,8-12H2,1H3,(H,21,23). The number of amides is 1. The van der Waals surface area contributed by atoms with Crippen LogP contribution in [0.3, 0.4) is 0 Å². The number of methoxy groups -OCH3 is 1. The highest BCUT2D eigenvalue weighted by Gasteiger charge is 2.29. The highest BCUT2D eigenvalue weighted by atomic mass is 32.2. The molecule has 3 rings (SSSR count). The fraction of sp³-hybridized carbons (Fsp3) is 0.316. The Labute approximate surface area is 163 Å². The van der Waals surface area contributed by atoms with Gasteiger partial charge in [-0.05, 0) is 35.9 Å². The van der Waals surface area contributed by atoms with Crippen molar-refractivity contribution in [3.63, 3.8) is 0 Å². The number of ether oxygens (including phenoxy) is 2. The first-order valence-corrected chi connectivity index (χ1v) is 10.1. The molecule has 2 aromatic carbocycles. The molecule has 7 nitrogen and oxygen atoms in total. The fourth-order valence-electron chi connectivity index (χ4n) is 2.87.